The summed E-state index contributed by atoms with van der Waals surface area (Å²) in [6.45, 7) is 2.29. The molecule has 0 bridgehead atoms. The van der Waals surface area contributed by atoms with Crippen molar-refractivity contribution in [3.63, 3.8) is 0 Å². The van der Waals surface area contributed by atoms with Crippen molar-refractivity contribution < 1.29 is 8.78 Å². The number of halogens is 2. The molecule has 2 fully saturated rings. The molecule has 0 heterocycles. The quantitative estimate of drug-likeness (QED) is 0.222. The average molecular weight is 445 g/mol. The van der Waals surface area contributed by atoms with Crippen molar-refractivity contribution in [2.45, 2.75) is 116 Å². The van der Waals surface area contributed by atoms with Crippen LogP contribution in [-0.2, 0) is 6.42 Å². The normalized spacial score (nSPS) is 26.6. The zero-order chi connectivity index (χ0) is 22.6. The molecule has 0 aromatic heterocycles. The predicted molar refractivity (Wildman–Crippen MR) is 133 cm³/mol. The van der Waals surface area contributed by atoms with Crippen LogP contribution in [0, 0.1) is 35.3 Å². The van der Waals surface area contributed by atoms with E-state index in [1.165, 1.54) is 108 Å². The molecule has 2 aliphatic carbocycles. The molecule has 0 amide bonds. The van der Waals surface area contributed by atoms with Gasteiger partial charge in [-0.05, 0) is 106 Å². The van der Waals surface area contributed by atoms with E-state index in [9.17, 15) is 8.78 Å². The topological polar surface area (TPSA) is 0 Å². The minimum atomic E-state index is -0.743. The van der Waals surface area contributed by atoms with E-state index in [-0.39, 0.29) is 0 Å². The van der Waals surface area contributed by atoms with Crippen LogP contribution in [0.15, 0.2) is 30.4 Å². The lowest BCUT2D eigenvalue weighted by atomic mass is 9.77. The number of benzene rings is 1. The van der Waals surface area contributed by atoms with Crippen molar-refractivity contribution >= 4 is 0 Å². The first-order valence-corrected chi connectivity index (χ1v) is 13.8. The monoisotopic (exact) mass is 444 g/mol. The zero-order valence-corrected chi connectivity index (χ0v) is 20.5. The van der Waals surface area contributed by atoms with Gasteiger partial charge in [-0.1, -0.05) is 70.1 Å². The molecular weight excluding hydrogens is 398 g/mol. The molecule has 180 valence electrons. The Morgan fingerprint density at radius 1 is 0.688 bits per heavy atom. The van der Waals surface area contributed by atoms with E-state index in [0.717, 1.165) is 42.1 Å². The number of unbranched alkanes of at least 4 members (excludes halogenated alkanes) is 5. The van der Waals surface area contributed by atoms with Crippen LogP contribution in [0.5, 0.6) is 0 Å². The summed E-state index contributed by atoms with van der Waals surface area (Å²) in [6.07, 6.45) is 27.9. The third-order valence-corrected chi connectivity index (χ3v) is 8.23. The standard InChI is InChI=1S/C30H46F2/c1-2-3-4-5-6-7-8-24-9-11-25(12-10-24)13-14-26-15-17-27(18-16-26)19-20-28-21-22-29(31)30(32)23-28/h13-14,21-27H,2-12,15-20H2,1H3. The highest BCUT2D eigenvalue weighted by atomic mass is 19.2. The lowest BCUT2D eigenvalue weighted by Crippen LogP contribution is -2.15. The van der Waals surface area contributed by atoms with Crippen molar-refractivity contribution in [1.29, 1.82) is 0 Å². The Morgan fingerprint density at radius 3 is 1.84 bits per heavy atom. The molecule has 1 aromatic rings. The third-order valence-electron chi connectivity index (χ3n) is 8.23. The maximum atomic E-state index is 13.4. The van der Waals surface area contributed by atoms with E-state index < -0.39 is 11.6 Å². The fourth-order valence-corrected chi connectivity index (χ4v) is 5.93. The van der Waals surface area contributed by atoms with Gasteiger partial charge < -0.3 is 0 Å². The summed E-state index contributed by atoms with van der Waals surface area (Å²) in [7, 11) is 0. The van der Waals surface area contributed by atoms with Crippen molar-refractivity contribution in [2.75, 3.05) is 0 Å². The average Bonchev–Trinajstić information content (AvgIpc) is 2.82. The molecular formula is C30H46F2. The highest BCUT2D eigenvalue weighted by molar-refractivity contribution is 5.17. The number of rotatable bonds is 12. The Hall–Kier alpha value is -1.18. The van der Waals surface area contributed by atoms with Gasteiger partial charge in [-0.25, -0.2) is 8.78 Å². The third kappa shape index (κ3) is 8.99. The Bertz CT molecular complexity index is 663. The predicted octanol–water partition coefficient (Wildman–Crippen LogP) is 9.82. The van der Waals surface area contributed by atoms with Crippen LogP contribution in [0.25, 0.3) is 0 Å². The minimum absolute atomic E-state index is 0.715. The number of aryl methyl sites for hydroxylation is 1. The molecule has 0 unspecified atom stereocenters. The largest absolute Gasteiger partial charge is 0.204 e. The molecule has 0 spiro atoms. The molecule has 2 heteroatoms. The van der Waals surface area contributed by atoms with Gasteiger partial charge >= 0.3 is 0 Å². The minimum Gasteiger partial charge on any atom is -0.204 e. The van der Waals surface area contributed by atoms with Gasteiger partial charge in [0.05, 0.1) is 0 Å². The van der Waals surface area contributed by atoms with Gasteiger partial charge in [-0.2, -0.15) is 0 Å². The summed E-state index contributed by atoms with van der Waals surface area (Å²) in [4.78, 5) is 0. The van der Waals surface area contributed by atoms with Gasteiger partial charge in [-0.3, -0.25) is 0 Å². The Balaban J connectivity index is 1.25. The van der Waals surface area contributed by atoms with E-state index in [1.807, 2.05) is 0 Å². The van der Waals surface area contributed by atoms with E-state index >= 15 is 0 Å². The second kappa shape index (κ2) is 14.2. The number of allylic oxidation sites excluding steroid dienone is 2. The van der Waals surface area contributed by atoms with Crippen LogP contribution in [0.4, 0.5) is 8.78 Å². The maximum absolute atomic E-state index is 13.4. The van der Waals surface area contributed by atoms with Crippen LogP contribution in [-0.4, -0.2) is 0 Å². The summed E-state index contributed by atoms with van der Waals surface area (Å²) in [5.74, 6) is 1.86. The van der Waals surface area contributed by atoms with Crippen LogP contribution in [0.2, 0.25) is 0 Å². The van der Waals surface area contributed by atoms with Gasteiger partial charge in [0.25, 0.3) is 0 Å². The number of hydrogen-bond acceptors (Lipinski definition) is 0. The van der Waals surface area contributed by atoms with Gasteiger partial charge in [-0.15, -0.1) is 0 Å². The zero-order valence-electron chi connectivity index (χ0n) is 20.5. The van der Waals surface area contributed by atoms with Gasteiger partial charge in [0.1, 0.15) is 0 Å². The Labute approximate surface area is 196 Å². The van der Waals surface area contributed by atoms with Crippen LogP contribution >= 0.6 is 0 Å². The first-order valence-electron chi connectivity index (χ1n) is 13.8. The fourth-order valence-electron chi connectivity index (χ4n) is 5.93. The van der Waals surface area contributed by atoms with E-state index in [2.05, 4.69) is 19.1 Å². The lowest BCUT2D eigenvalue weighted by Gasteiger charge is -2.29. The number of hydrogen-bond donors (Lipinski definition) is 0. The molecule has 0 saturated heterocycles. The first kappa shape index (κ1) is 25.4. The smallest absolute Gasteiger partial charge is 0.159 e. The van der Waals surface area contributed by atoms with E-state index in [0.29, 0.717) is 0 Å². The van der Waals surface area contributed by atoms with E-state index in [1.54, 1.807) is 6.07 Å². The van der Waals surface area contributed by atoms with Gasteiger partial charge in [0.2, 0.25) is 0 Å². The molecule has 0 aliphatic heterocycles. The summed E-state index contributed by atoms with van der Waals surface area (Å²) in [6, 6.07) is 4.36. The second-order valence-corrected chi connectivity index (χ2v) is 10.8. The molecule has 0 atom stereocenters. The SMILES string of the molecule is CCCCCCCCC1CCC(C=CC2CCC(CCc3ccc(F)c(F)c3)CC2)CC1. The fraction of sp³-hybridized carbons (Fsp3) is 0.733. The summed E-state index contributed by atoms with van der Waals surface area (Å²) < 4.78 is 26.5. The van der Waals surface area contributed by atoms with E-state index in [4.69, 9.17) is 0 Å². The molecule has 3 rings (SSSR count). The lowest BCUT2D eigenvalue weighted by molar-refractivity contribution is 0.282. The van der Waals surface area contributed by atoms with Crippen molar-refractivity contribution in [2.24, 2.45) is 23.7 Å². The summed E-state index contributed by atoms with van der Waals surface area (Å²) in [5, 5.41) is 0. The van der Waals surface area contributed by atoms with Crippen molar-refractivity contribution in [3.05, 3.63) is 47.5 Å². The van der Waals surface area contributed by atoms with Gasteiger partial charge in [0.15, 0.2) is 11.6 Å². The molecule has 0 nitrogen and oxygen atoms in total. The second-order valence-electron chi connectivity index (χ2n) is 10.8. The highest BCUT2D eigenvalue weighted by Crippen LogP contribution is 2.35. The first-order chi connectivity index (χ1) is 15.6. The molecule has 0 radical (unpaired) electrons. The summed E-state index contributed by atoms with van der Waals surface area (Å²) in [5.41, 5.74) is 0.929. The van der Waals surface area contributed by atoms with Crippen molar-refractivity contribution in [3.8, 4) is 0 Å². The van der Waals surface area contributed by atoms with Crippen LogP contribution < -0.4 is 0 Å². The molecule has 0 N–H and O–H groups in total. The van der Waals surface area contributed by atoms with Crippen molar-refractivity contribution in [1.82, 2.24) is 0 Å². The molecule has 32 heavy (non-hydrogen) atoms. The molecule has 2 saturated carbocycles. The summed E-state index contributed by atoms with van der Waals surface area (Å²) >= 11 is 0. The Kier molecular flexibility index (Phi) is 11.3. The maximum Gasteiger partial charge on any atom is 0.159 e. The van der Waals surface area contributed by atoms with Gasteiger partial charge in [0, 0.05) is 0 Å². The molecule has 1 aromatic carbocycles. The van der Waals surface area contributed by atoms with Crippen LogP contribution in [0.3, 0.4) is 0 Å². The molecule has 2 aliphatic rings. The van der Waals surface area contributed by atoms with Crippen LogP contribution in [0.1, 0.15) is 115 Å². The highest BCUT2D eigenvalue weighted by Gasteiger charge is 2.22. The Morgan fingerprint density at radius 2 is 1.25 bits per heavy atom.